The SMILES string of the molecule is CCNC(=O)[C@H](Cc1ccccc1)N(Cc1ccc(F)cc1)C(=O)CCN1C(=O)[C@H]2CC=CC[C@H]2C1=O. The predicted molar refractivity (Wildman–Crippen MR) is 136 cm³/mol. The average Bonchev–Trinajstić information content (AvgIpc) is 3.15. The quantitative estimate of drug-likeness (QED) is 0.397. The lowest BCUT2D eigenvalue weighted by Gasteiger charge is -2.32. The Kier molecular flexibility index (Phi) is 8.48. The topological polar surface area (TPSA) is 86.8 Å². The molecule has 0 spiro atoms. The Bertz CT molecular complexity index is 1140. The fraction of sp³-hybridized carbons (Fsp3) is 0.379. The van der Waals surface area contributed by atoms with Crippen LogP contribution < -0.4 is 5.32 Å². The highest BCUT2D eigenvalue weighted by Crippen LogP contribution is 2.35. The third kappa shape index (κ3) is 6.13. The monoisotopic (exact) mass is 505 g/mol. The number of amides is 4. The van der Waals surface area contributed by atoms with Crippen molar-refractivity contribution in [3.05, 3.63) is 83.7 Å². The number of benzene rings is 2. The number of nitrogens with one attached hydrogen (secondary N) is 1. The van der Waals surface area contributed by atoms with Crippen LogP contribution in [0, 0.1) is 17.7 Å². The van der Waals surface area contributed by atoms with Crippen LogP contribution in [0.5, 0.6) is 0 Å². The molecular weight excluding hydrogens is 473 g/mol. The first kappa shape index (κ1) is 26.3. The molecule has 7 nitrogen and oxygen atoms in total. The molecule has 4 rings (SSSR count). The Morgan fingerprint density at radius 3 is 2.19 bits per heavy atom. The number of hydrogen-bond acceptors (Lipinski definition) is 4. The van der Waals surface area contributed by atoms with Gasteiger partial charge in [-0.05, 0) is 43.0 Å². The van der Waals surface area contributed by atoms with E-state index in [0.717, 1.165) is 5.56 Å². The molecule has 2 aliphatic rings. The second kappa shape index (κ2) is 12.0. The van der Waals surface area contributed by atoms with Gasteiger partial charge in [0.25, 0.3) is 0 Å². The standard InChI is InChI=1S/C29H32FN3O4/c1-2-31-27(35)25(18-20-8-4-3-5-9-20)33(19-21-12-14-22(30)15-13-21)26(34)16-17-32-28(36)23-10-6-7-11-24(23)29(32)37/h3-9,12-15,23-25H,2,10-11,16-19H2,1H3,(H,31,35)/t23-,24+,25-/m0/s1. The maximum Gasteiger partial charge on any atom is 0.243 e. The first-order valence-corrected chi connectivity index (χ1v) is 12.7. The number of halogens is 1. The summed E-state index contributed by atoms with van der Waals surface area (Å²) in [5.74, 6) is -2.23. The van der Waals surface area contributed by atoms with Crippen LogP contribution >= 0.6 is 0 Å². The number of fused-ring (bicyclic) bond motifs is 1. The maximum absolute atomic E-state index is 13.6. The van der Waals surface area contributed by atoms with Gasteiger partial charge in [0.05, 0.1) is 11.8 Å². The van der Waals surface area contributed by atoms with Gasteiger partial charge in [-0.2, -0.15) is 0 Å². The van der Waals surface area contributed by atoms with Gasteiger partial charge in [-0.3, -0.25) is 24.1 Å². The molecule has 194 valence electrons. The number of nitrogens with zero attached hydrogens (tertiary/aromatic N) is 2. The summed E-state index contributed by atoms with van der Waals surface area (Å²) in [7, 11) is 0. The highest BCUT2D eigenvalue weighted by molar-refractivity contribution is 6.05. The number of hydrogen-bond donors (Lipinski definition) is 1. The van der Waals surface area contributed by atoms with Crippen molar-refractivity contribution in [3.8, 4) is 0 Å². The van der Waals surface area contributed by atoms with E-state index in [9.17, 15) is 23.6 Å². The molecule has 4 amide bonds. The largest absolute Gasteiger partial charge is 0.355 e. The van der Waals surface area contributed by atoms with Crippen LogP contribution in [-0.2, 0) is 32.1 Å². The van der Waals surface area contributed by atoms with Crippen molar-refractivity contribution in [1.29, 1.82) is 0 Å². The Labute approximate surface area is 216 Å². The molecule has 0 unspecified atom stereocenters. The zero-order chi connectivity index (χ0) is 26.4. The van der Waals surface area contributed by atoms with Gasteiger partial charge >= 0.3 is 0 Å². The van der Waals surface area contributed by atoms with E-state index in [0.29, 0.717) is 24.9 Å². The van der Waals surface area contributed by atoms with Gasteiger partial charge < -0.3 is 10.2 Å². The third-order valence-corrected chi connectivity index (χ3v) is 7.04. The fourth-order valence-electron chi connectivity index (χ4n) is 5.07. The number of allylic oxidation sites excluding steroid dienone is 2. The van der Waals surface area contributed by atoms with E-state index in [4.69, 9.17) is 0 Å². The van der Waals surface area contributed by atoms with Crippen molar-refractivity contribution in [2.75, 3.05) is 13.1 Å². The molecule has 2 aromatic rings. The summed E-state index contributed by atoms with van der Waals surface area (Å²) in [6.45, 7) is 2.26. The van der Waals surface area contributed by atoms with Crippen molar-refractivity contribution in [2.45, 2.75) is 45.2 Å². The predicted octanol–water partition coefficient (Wildman–Crippen LogP) is 3.24. The minimum Gasteiger partial charge on any atom is -0.355 e. The highest BCUT2D eigenvalue weighted by atomic mass is 19.1. The van der Waals surface area contributed by atoms with Crippen molar-refractivity contribution in [3.63, 3.8) is 0 Å². The average molecular weight is 506 g/mol. The number of likely N-dealkylation sites (tertiary alicyclic amines) is 1. The van der Waals surface area contributed by atoms with Crippen LogP contribution in [0.2, 0.25) is 0 Å². The summed E-state index contributed by atoms with van der Waals surface area (Å²) < 4.78 is 13.5. The first-order valence-electron chi connectivity index (χ1n) is 12.7. The summed E-state index contributed by atoms with van der Waals surface area (Å²) in [5.41, 5.74) is 1.56. The summed E-state index contributed by atoms with van der Waals surface area (Å²) >= 11 is 0. The molecular formula is C29H32FN3O4. The highest BCUT2D eigenvalue weighted by Gasteiger charge is 2.47. The second-order valence-corrected chi connectivity index (χ2v) is 9.48. The van der Waals surface area contributed by atoms with E-state index in [-0.39, 0.29) is 61.4 Å². The van der Waals surface area contributed by atoms with E-state index >= 15 is 0 Å². The lowest BCUT2D eigenvalue weighted by Crippen LogP contribution is -2.51. The molecule has 1 N–H and O–H groups in total. The van der Waals surface area contributed by atoms with Gasteiger partial charge in [0.2, 0.25) is 23.6 Å². The van der Waals surface area contributed by atoms with E-state index in [1.54, 1.807) is 12.1 Å². The molecule has 1 aliphatic carbocycles. The fourth-order valence-corrected chi connectivity index (χ4v) is 5.07. The number of carbonyl (C=O) groups excluding carboxylic acids is 4. The maximum atomic E-state index is 13.6. The molecule has 0 saturated carbocycles. The zero-order valence-corrected chi connectivity index (χ0v) is 20.9. The van der Waals surface area contributed by atoms with Gasteiger partial charge in [-0.15, -0.1) is 0 Å². The lowest BCUT2D eigenvalue weighted by atomic mass is 9.85. The molecule has 2 aromatic carbocycles. The van der Waals surface area contributed by atoms with Crippen molar-refractivity contribution >= 4 is 23.6 Å². The van der Waals surface area contributed by atoms with Gasteiger partial charge in [0.15, 0.2) is 0 Å². The number of imide groups is 1. The number of likely N-dealkylation sites (N-methyl/N-ethyl adjacent to an activating group) is 1. The Balaban J connectivity index is 1.56. The molecule has 37 heavy (non-hydrogen) atoms. The van der Waals surface area contributed by atoms with Crippen LogP contribution in [-0.4, -0.2) is 52.6 Å². The summed E-state index contributed by atoms with van der Waals surface area (Å²) in [5, 5.41) is 2.82. The number of rotatable bonds is 10. The van der Waals surface area contributed by atoms with E-state index in [1.807, 2.05) is 49.4 Å². The van der Waals surface area contributed by atoms with Crippen LogP contribution in [0.25, 0.3) is 0 Å². The zero-order valence-electron chi connectivity index (χ0n) is 20.9. The van der Waals surface area contributed by atoms with Gasteiger partial charge in [-0.25, -0.2) is 4.39 Å². The summed E-state index contributed by atoms with van der Waals surface area (Å²) in [6.07, 6.45) is 5.10. The summed E-state index contributed by atoms with van der Waals surface area (Å²) in [4.78, 5) is 55.3. The van der Waals surface area contributed by atoms with Crippen LogP contribution in [0.15, 0.2) is 66.7 Å². The minimum atomic E-state index is -0.823. The first-order chi connectivity index (χ1) is 17.9. The van der Waals surface area contributed by atoms with Crippen LogP contribution in [0.1, 0.15) is 37.3 Å². The number of carbonyl (C=O) groups is 4. The van der Waals surface area contributed by atoms with E-state index in [1.165, 1.54) is 21.9 Å². The summed E-state index contributed by atoms with van der Waals surface area (Å²) in [6, 6.07) is 14.4. The molecule has 1 aliphatic heterocycles. The Hall–Kier alpha value is -3.81. The van der Waals surface area contributed by atoms with Crippen molar-refractivity contribution in [1.82, 2.24) is 15.1 Å². The van der Waals surface area contributed by atoms with Gasteiger partial charge in [0.1, 0.15) is 11.9 Å². The molecule has 3 atom stereocenters. The Morgan fingerprint density at radius 1 is 0.973 bits per heavy atom. The third-order valence-electron chi connectivity index (χ3n) is 7.04. The smallest absolute Gasteiger partial charge is 0.243 e. The molecule has 1 saturated heterocycles. The molecule has 0 radical (unpaired) electrons. The van der Waals surface area contributed by atoms with Crippen molar-refractivity contribution in [2.24, 2.45) is 11.8 Å². The van der Waals surface area contributed by atoms with E-state index in [2.05, 4.69) is 5.32 Å². The minimum absolute atomic E-state index is 0.0309. The molecule has 1 heterocycles. The normalized spacial score (nSPS) is 19.5. The molecule has 1 fully saturated rings. The van der Waals surface area contributed by atoms with Gasteiger partial charge in [-0.1, -0.05) is 54.6 Å². The lowest BCUT2D eigenvalue weighted by molar-refractivity contribution is -0.144. The molecule has 8 heteroatoms. The second-order valence-electron chi connectivity index (χ2n) is 9.48. The van der Waals surface area contributed by atoms with E-state index < -0.39 is 11.9 Å². The van der Waals surface area contributed by atoms with Crippen LogP contribution in [0.4, 0.5) is 4.39 Å². The van der Waals surface area contributed by atoms with Crippen LogP contribution in [0.3, 0.4) is 0 Å². The molecule has 0 aromatic heterocycles. The van der Waals surface area contributed by atoms with Gasteiger partial charge in [0, 0.05) is 32.5 Å². The van der Waals surface area contributed by atoms with Crippen molar-refractivity contribution < 1.29 is 23.6 Å². The molecule has 0 bridgehead atoms. The Morgan fingerprint density at radius 2 is 1.59 bits per heavy atom.